The monoisotopic (exact) mass is 371 g/mol. The lowest BCUT2D eigenvalue weighted by atomic mass is 10.0. The van der Waals surface area contributed by atoms with Gasteiger partial charge in [-0.3, -0.25) is 9.69 Å². The zero-order chi connectivity index (χ0) is 14.9. The van der Waals surface area contributed by atoms with E-state index in [2.05, 4.69) is 39.4 Å². The lowest BCUT2D eigenvalue weighted by molar-refractivity contribution is -0.135. The molecule has 3 heterocycles. The van der Waals surface area contributed by atoms with E-state index in [4.69, 9.17) is 0 Å². The highest BCUT2D eigenvalue weighted by Gasteiger charge is 2.41. The van der Waals surface area contributed by atoms with Gasteiger partial charge in [0.2, 0.25) is 5.91 Å². The van der Waals surface area contributed by atoms with E-state index in [0.717, 1.165) is 52.1 Å². The van der Waals surface area contributed by atoms with Gasteiger partial charge in [0.15, 0.2) is 0 Å². The van der Waals surface area contributed by atoms with Crippen LogP contribution in [0.15, 0.2) is 30.3 Å². The van der Waals surface area contributed by atoms with Crippen LogP contribution in [0.25, 0.3) is 0 Å². The number of benzene rings is 1. The molecule has 1 aromatic carbocycles. The molecule has 1 amide bonds. The minimum absolute atomic E-state index is 0. The van der Waals surface area contributed by atoms with Gasteiger partial charge in [-0.1, -0.05) is 30.3 Å². The van der Waals surface area contributed by atoms with Crippen molar-refractivity contribution in [2.24, 2.45) is 11.8 Å². The van der Waals surface area contributed by atoms with Crippen molar-refractivity contribution in [3.05, 3.63) is 35.9 Å². The molecule has 3 saturated heterocycles. The van der Waals surface area contributed by atoms with Gasteiger partial charge in [-0.05, 0) is 36.8 Å². The number of nitrogens with zero attached hydrogens (tertiary/aromatic N) is 2. The van der Waals surface area contributed by atoms with Crippen molar-refractivity contribution < 1.29 is 4.79 Å². The summed E-state index contributed by atoms with van der Waals surface area (Å²) in [4.78, 5) is 17.5. The Bertz CT molecular complexity index is 530. The maximum atomic E-state index is 12.9. The number of carbonyl (C=O) groups is 1. The quantitative estimate of drug-likeness (QED) is 0.884. The van der Waals surface area contributed by atoms with Crippen molar-refractivity contribution in [2.45, 2.75) is 25.4 Å². The summed E-state index contributed by atoms with van der Waals surface area (Å²) >= 11 is 0. The zero-order valence-corrected chi connectivity index (χ0v) is 15.5. The number of fused-ring (bicyclic) bond motifs is 1. The Balaban J connectivity index is 0.00000104. The second kappa shape index (κ2) is 8.52. The maximum absolute atomic E-state index is 12.9. The molecule has 3 aliphatic rings. The van der Waals surface area contributed by atoms with Crippen LogP contribution in [0.1, 0.15) is 18.4 Å². The summed E-state index contributed by atoms with van der Waals surface area (Å²) in [7, 11) is 0. The van der Waals surface area contributed by atoms with Gasteiger partial charge in [-0.15, -0.1) is 24.8 Å². The summed E-state index contributed by atoms with van der Waals surface area (Å²) < 4.78 is 0. The van der Waals surface area contributed by atoms with E-state index in [1.54, 1.807) is 0 Å². The van der Waals surface area contributed by atoms with Crippen LogP contribution in [0.4, 0.5) is 0 Å². The van der Waals surface area contributed by atoms with E-state index in [1.807, 2.05) is 6.07 Å². The van der Waals surface area contributed by atoms with Gasteiger partial charge < -0.3 is 10.2 Å². The van der Waals surface area contributed by atoms with Crippen molar-refractivity contribution >= 4 is 30.7 Å². The maximum Gasteiger partial charge on any atom is 0.239 e. The summed E-state index contributed by atoms with van der Waals surface area (Å²) in [5, 5.41) is 3.45. The molecule has 1 N–H and O–H groups in total. The summed E-state index contributed by atoms with van der Waals surface area (Å²) in [5.41, 5.74) is 1.31. The van der Waals surface area contributed by atoms with E-state index >= 15 is 0 Å². The van der Waals surface area contributed by atoms with Crippen LogP contribution in [-0.4, -0.2) is 54.5 Å². The van der Waals surface area contributed by atoms with Crippen molar-refractivity contribution in [3.8, 4) is 0 Å². The molecule has 24 heavy (non-hydrogen) atoms. The number of amides is 1. The van der Waals surface area contributed by atoms with E-state index in [9.17, 15) is 4.79 Å². The lowest BCUT2D eigenvalue weighted by Gasteiger charge is -2.28. The predicted molar refractivity (Wildman–Crippen MR) is 101 cm³/mol. The van der Waals surface area contributed by atoms with Gasteiger partial charge in [0.1, 0.15) is 0 Å². The molecule has 0 radical (unpaired) electrons. The highest BCUT2D eigenvalue weighted by molar-refractivity contribution is 5.85. The summed E-state index contributed by atoms with van der Waals surface area (Å²) in [5.74, 6) is 1.75. The molecule has 3 aliphatic heterocycles. The smallest absolute Gasteiger partial charge is 0.239 e. The molecule has 0 aliphatic carbocycles. The van der Waals surface area contributed by atoms with Crippen LogP contribution in [0.5, 0.6) is 0 Å². The normalized spacial score (nSPS) is 29.0. The van der Waals surface area contributed by atoms with Crippen molar-refractivity contribution in [1.29, 1.82) is 0 Å². The first kappa shape index (κ1) is 19.5. The second-order valence-electron chi connectivity index (χ2n) is 7.04. The van der Waals surface area contributed by atoms with E-state index in [-0.39, 0.29) is 30.9 Å². The minimum atomic E-state index is 0. The van der Waals surface area contributed by atoms with E-state index in [1.165, 1.54) is 5.56 Å². The van der Waals surface area contributed by atoms with Gasteiger partial charge in [-0.2, -0.15) is 0 Å². The topological polar surface area (TPSA) is 35.6 Å². The first-order valence-electron chi connectivity index (χ1n) is 8.59. The Labute approximate surface area is 156 Å². The van der Waals surface area contributed by atoms with Crippen LogP contribution >= 0.6 is 24.8 Å². The first-order valence-corrected chi connectivity index (χ1v) is 8.59. The van der Waals surface area contributed by atoms with Crippen molar-refractivity contribution in [2.75, 3.05) is 32.7 Å². The van der Waals surface area contributed by atoms with Crippen LogP contribution < -0.4 is 5.32 Å². The fourth-order valence-electron chi connectivity index (χ4n) is 4.36. The highest BCUT2D eigenvalue weighted by atomic mass is 35.5. The van der Waals surface area contributed by atoms with Crippen molar-refractivity contribution in [1.82, 2.24) is 15.1 Å². The number of carbonyl (C=O) groups excluding carboxylic acids is 1. The number of hydrogen-bond acceptors (Lipinski definition) is 3. The van der Waals surface area contributed by atoms with Gasteiger partial charge in [0.05, 0.1) is 6.04 Å². The number of hydrogen-bond donors (Lipinski definition) is 1. The molecule has 3 atom stereocenters. The molecule has 1 unspecified atom stereocenters. The molecule has 6 heteroatoms. The zero-order valence-electron chi connectivity index (χ0n) is 13.9. The summed E-state index contributed by atoms with van der Waals surface area (Å²) in [6, 6.07) is 10.6. The average Bonchev–Trinajstić information content (AvgIpc) is 3.22. The summed E-state index contributed by atoms with van der Waals surface area (Å²) in [6.45, 7) is 6.06. The minimum Gasteiger partial charge on any atom is -0.341 e. The van der Waals surface area contributed by atoms with E-state index in [0.29, 0.717) is 17.7 Å². The first-order chi connectivity index (χ1) is 10.8. The van der Waals surface area contributed by atoms with Crippen LogP contribution in [0.3, 0.4) is 0 Å². The van der Waals surface area contributed by atoms with Gasteiger partial charge in [0, 0.05) is 32.7 Å². The lowest BCUT2D eigenvalue weighted by Crippen LogP contribution is -2.45. The standard InChI is InChI=1S/C18H25N3O.2ClH/c22-18(21-12-15-9-19-10-16(15)13-21)17-7-4-8-20(17)11-14-5-2-1-3-6-14;;/h1-3,5-6,15-17,19H,4,7-13H2;2*1H/t15-,16+,17?;;. The van der Waals surface area contributed by atoms with Crippen LogP contribution in [0, 0.1) is 11.8 Å². The summed E-state index contributed by atoms with van der Waals surface area (Å²) in [6.07, 6.45) is 2.17. The second-order valence-corrected chi connectivity index (χ2v) is 7.04. The third kappa shape index (κ3) is 3.88. The number of nitrogens with one attached hydrogen (secondary N) is 1. The Hall–Kier alpha value is -0.810. The molecule has 4 rings (SSSR count). The molecule has 3 fully saturated rings. The third-order valence-corrected chi connectivity index (χ3v) is 5.58. The molecule has 0 aromatic heterocycles. The Morgan fingerprint density at radius 2 is 1.75 bits per heavy atom. The van der Waals surface area contributed by atoms with Crippen LogP contribution in [0.2, 0.25) is 0 Å². The Morgan fingerprint density at radius 3 is 2.42 bits per heavy atom. The average molecular weight is 372 g/mol. The molecule has 134 valence electrons. The molecular weight excluding hydrogens is 345 g/mol. The third-order valence-electron chi connectivity index (χ3n) is 5.58. The van der Waals surface area contributed by atoms with Gasteiger partial charge >= 0.3 is 0 Å². The molecule has 0 saturated carbocycles. The van der Waals surface area contributed by atoms with Crippen LogP contribution in [-0.2, 0) is 11.3 Å². The number of likely N-dealkylation sites (tertiary alicyclic amines) is 2. The molecule has 0 bridgehead atoms. The number of rotatable bonds is 3. The van der Waals surface area contributed by atoms with Crippen molar-refractivity contribution in [3.63, 3.8) is 0 Å². The fraction of sp³-hybridized carbons (Fsp3) is 0.611. The molecule has 0 spiro atoms. The highest BCUT2D eigenvalue weighted by Crippen LogP contribution is 2.29. The molecule has 1 aromatic rings. The Kier molecular flexibility index (Phi) is 6.93. The fourth-order valence-corrected chi connectivity index (χ4v) is 4.36. The van der Waals surface area contributed by atoms with Gasteiger partial charge in [0.25, 0.3) is 0 Å². The largest absolute Gasteiger partial charge is 0.341 e. The Morgan fingerprint density at radius 1 is 1.08 bits per heavy atom. The van der Waals surface area contributed by atoms with Gasteiger partial charge in [-0.25, -0.2) is 0 Å². The number of halogens is 2. The SMILES string of the molecule is Cl.Cl.O=C(C1CCCN1Cc1ccccc1)N1C[C@H]2CNC[C@H]2C1. The predicted octanol–water partition coefficient (Wildman–Crippen LogP) is 2.17. The van der Waals surface area contributed by atoms with E-state index < -0.39 is 0 Å². The molecule has 4 nitrogen and oxygen atoms in total. The molecular formula is C18H27Cl2N3O.